The summed E-state index contributed by atoms with van der Waals surface area (Å²) >= 11 is 0. The molecule has 0 heterocycles. The van der Waals surface area contributed by atoms with Crippen molar-refractivity contribution in [1.82, 2.24) is 0 Å². The van der Waals surface area contributed by atoms with Crippen LogP contribution in [-0.4, -0.2) is 5.78 Å². The molecular weight excluding hydrogens is 208 g/mol. The lowest BCUT2D eigenvalue weighted by atomic mass is 10.0. The zero-order valence-electron chi connectivity index (χ0n) is 9.94. The number of Topliss-reactive ketones (excluding diaryl/α,β-unsaturated/α-hetero) is 1. The molecule has 0 bridgehead atoms. The van der Waals surface area contributed by atoms with Gasteiger partial charge in [0, 0.05) is 6.42 Å². The molecule has 0 aliphatic heterocycles. The Balaban J connectivity index is 2.11. The molecule has 0 unspecified atom stereocenters. The number of hydrogen-bond acceptors (Lipinski definition) is 1. The summed E-state index contributed by atoms with van der Waals surface area (Å²) in [7, 11) is 0. The van der Waals surface area contributed by atoms with E-state index in [0.717, 1.165) is 6.42 Å². The van der Waals surface area contributed by atoms with E-state index >= 15 is 0 Å². The van der Waals surface area contributed by atoms with E-state index in [-0.39, 0.29) is 5.78 Å². The van der Waals surface area contributed by atoms with E-state index in [0.29, 0.717) is 6.42 Å². The van der Waals surface area contributed by atoms with Crippen molar-refractivity contribution in [3.63, 3.8) is 0 Å². The SMILES string of the molecule is CC(=O)CCc1ccc(-c2cc[c]cc2)cc1. The molecule has 2 aromatic rings. The van der Waals surface area contributed by atoms with Gasteiger partial charge in [0.2, 0.25) is 0 Å². The maximum absolute atomic E-state index is 10.9. The van der Waals surface area contributed by atoms with Gasteiger partial charge in [-0.2, -0.15) is 0 Å². The quantitative estimate of drug-likeness (QED) is 0.772. The summed E-state index contributed by atoms with van der Waals surface area (Å²) in [5, 5.41) is 0. The Bertz CT molecular complexity index is 483. The van der Waals surface area contributed by atoms with Crippen molar-refractivity contribution in [2.24, 2.45) is 0 Å². The van der Waals surface area contributed by atoms with E-state index < -0.39 is 0 Å². The highest BCUT2D eigenvalue weighted by Crippen LogP contribution is 2.19. The Kier molecular flexibility index (Phi) is 3.71. The summed E-state index contributed by atoms with van der Waals surface area (Å²) in [6.07, 6.45) is 1.46. The van der Waals surface area contributed by atoms with Crippen LogP contribution in [0.25, 0.3) is 11.1 Å². The molecule has 0 aromatic heterocycles. The van der Waals surface area contributed by atoms with Gasteiger partial charge in [-0.25, -0.2) is 0 Å². The monoisotopic (exact) mass is 223 g/mol. The van der Waals surface area contributed by atoms with Gasteiger partial charge in [-0.05, 0) is 36.1 Å². The first-order chi connectivity index (χ1) is 8.25. The highest BCUT2D eigenvalue weighted by atomic mass is 16.1. The Labute approximate surface area is 102 Å². The molecule has 0 saturated carbocycles. The lowest BCUT2D eigenvalue weighted by Crippen LogP contribution is -1.93. The maximum atomic E-state index is 10.9. The summed E-state index contributed by atoms with van der Waals surface area (Å²) in [5.74, 6) is 0.243. The molecule has 17 heavy (non-hydrogen) atoms. The Morgan fingerprint density at radius 3 is 2.18 bits per heavy atom. The van der Waals surface area contributed by atoms with E-state index in [1.54, 1.807) is 6.92 Å². The first-order valence-corrected chi connectivity index (χ1v) is 5.80. The van der Waals surface area contributed by atoms with Gasteiger partial charge < -0.3 is 4.79 Å². The van der Waals surface area contributed by atoms with E-state index in [2.05, 4.69) is 30.3 Å². The molecule has 2 rings (SSSR count). The summed E-state index contributed by atoms with van der Waals surface area (Å²) in [6, 6.07) is 19.3. The highest BCUT2D eigenvalue weighted by Gasteiger charge is 1.99. The number of carbonyl (C=O) groups excluding carboxylic acids is 1. The van der Waals surface area contributed by atoms with E-state index in [4.69, 9.17) is 0 Å². The van der Waals surface area contributed by atoms with Gasteiger partial charge in [-0.1, -0.05) is 48.5 Å². The molecule has 2 aromatic carbocycles. The van der Waals surface area contributed by atoms with Crippen molar-refractivity contribution in [3.8, 4) is 11.1 Å². The molecule has 1 heteroatoms. The molecule has 0 N–H and O–H groups in total. The van der Waals surface area contributed by atoms with Crippen LogP contribution in [0.15, 0.2) is 48.5 Å². The van der Waals surface area contributed by atoms with Crippen LogP contribution < -0.4 is 0 Å². The molecule has 0 atom stereocenters. The number of benzene rings is 2. The van der Waals surface area contributed by atoms with E-state index in [1.165, 1.54) is 16.7 Å². The second-order valence-electron chi connectivity index (χ2n) is 4.19. The fourth-order valence-corrected chi connectivity index (χ4v) is 1.76. The first-order valence-electron chi connectivity index (χ1n) is 5.80. The maximum Gasteiger partial charge on any atom is 0.130 e. The normalized spacial score (nSPS) is 10.2. The fraction of sp³-hybridized carbons (Fsp3) is 0.188. The number of hydrogen-bond donors (Lipinski definition) is 0. The average molecular weight is 223 g/mol. The molecule has 85 valence electrons. The molecule has 0 amide bonds. The zero-order valence-corrected chi connectivity index (χ0v) is 9.94. The summed E-state index contributed by atoms with van der Waals surface area (Å²) in [4.78, 5) is 10.9. The Hall–Kier alpha value is -1.89. The average Bonchev–Trinajstić information content (AvgIpc) is 2.38. The minimum absolute atomic E-state index is 0.243. The van der Waals surface area contributed by atoms with Gasteiger partial charge in [0.1, 0.15) is 5.78 Å². The Morgan fingerprint density at radius 2 is 1.59 bits per heavy atom. The fourth-order valence-electron chi connectivity index (χ4n) is 1.76. The van der Waals surface area contributed by atoms with Crippen molar-refractivity contribution >= 4 is 5.78 Å². The van der Waals surface area contributed by atoms with Gasteiger partial charge in [-0.15, -0.1) is 0 Å². The second kappa shape index (κ2) is 5.44. The molecule has 0 aliphatic carbocycles. The van der Waals surface area contributed by atoms with Gasteiger partial charge >= 0.3 is 0 Å². The topological polar surface area (TPSA) is 17.1 Å². The minimum Gasteiger partial charge on any atom is -0.300 e. The van der Waals surface area contributed by atoms with Gasteiger partial charge in [0.15, 0.2) is 0 Å². The standard InChI is InChI=1S/C16H15O/c1-13(17)7-8-14-9-11-16(12-10-14)15-5-3-2-4-6-15/h3-6,9-12H,7-8H2,1H3. The van der Waals surface area contributed by atoms with Crippen LogP contribution >= 0.6 is 0 Å². The van der Waals surface area contributed by atoms with Crippen molar-refractivity contribution in [1.29, 1.82) is 0 Å². The third-order valence-corrected chi connectivity index (χ3v) is 2.77. The predicted molar refractivity (Wildman–Crippen MR) is 69.7 cm³/mol. The van der Waals surface area contributed by atoms with Gasteiger partial charge in [0.25, 0.3) is 0 Å². The van der Waals surface area contributed by atoms with Crippen LogP contribution in [0.1, 0.15) is 18.9 Å². The Morgan fingerprint density at radius 1 is 1.00 bits per heavy atom. The van der Waals surface area contributed by atoms with Crippen molar-refractivity contribution in [2.75, 3.05) is 0 Å². The molecular formula is C16H15O. The molecule has 0 spiro atoms. The first kappa shape index (κ1) is 11.6. The van der Waals surface area contributed by atoms with Crippen LogP contribution in [0.2, 0.25) is 0 Å². The highest BCUT2D eigenvalue weighted by molar-refractivity contribution is 5.75. The molecule has 1 nitrogen and oxygen atoms in total. The van der Waals surface area contributed by atoms with E-state index in [1.807, 2.05) is 24.3 Å². The minimum atomic E-state index is 0.243. The smallest absolute Gasteiger partial charge is 0.130 e. The predicted octanol–water partition coefficient (Wildman–Crippen LogP) is 3.68. The molecule has 0 fully saturated rings. The summed E-state index contributed by atoms with van der Waals surface area (Å²) in [5.41, 5.74) is 3.61. The third kappa shape index (κ3) is 3.28. The lowest BCUT2D eigenvalue weighted by Gasteiger charge is -2.03. The molecule has 0 aliphatic rings. The molecule has 1 radical (unpaired) electrons. The van der Waals surface area contributed by atoms with Gasteiger partial charge in [-0.3, -0.25) is 0 Å². The van der Waals surface area contributed by atoms with Crippen LogP contribution in [-0.2, 0) is 11.2 Å². The second-order valence-corrected chi connectivity index (χ2v) is 4.19. The van der Waals surface area contributed by atoms with Crippen LogP contribution in [0.5, 0.6) is 0 Å². The summed E-state index contributed by atoms with van der Waals surface area (Å²) in [6.45, 7) is 1.63. The zero-order chi connectivity index (χ0) is 12.1. The summed E-state index contributed by atoms with van der Waals surface area (Å²) < 4.78 is 0. The number of rotatable bonds is 4. The van der Waals surface area contributed by atoms with E-state index in [9.17, 15) is 4.79 Å². The van der Waals surface area contributed by atoms with Crippen LogP contribution in [0, 0.1) is 6.07 Å². The largest absolute Gasteiger partial charge is 0.300 e. The number of carbonyl (C=O) groups is 1. The van der Waals surface area contributed by atoms with Gasteiger partial charge in [0.05, 0.1) is 0 Å². The number of ketones is 1. The number of aryl methyl sites for hydroxylation is 1. The van der Waals surface area contributed by atoms with Crippen molar-refractivity contribution in [2.45, 2.75) is 19.8 Å². The van der Waals surface area contributed by atoms with Crippen LogP contribution in [0.4, 0.5) is 0 Å². The van der Waals surface area contributed by atoms with Crippen LogP contribution in [0.3, 0.4) is 0 Å². The third-order valence-electron chi connectivity index (χ3n) is 2.77. The van der Waals surface area contributed by atoms with Crippen molar-refractivity contribution in [3.05, 3.63) is 60.2 Å². The lowest BCUT2D eigenvalue weighted by molar-refractivity contribution is -0.116. The van der Waals surface area contributed by atoms with Crippen molar-refractivity contribution < 1.29 is 4.79 Å². The molecule has 0 saturated heterocycles.